The van der Waals surface area contributed by atoms with Crippen molar-refractivity contribution in [1.82, 2.24) is 25.3 Å². The number of aromatic nitrogens is 2. The van der Waals surface area contributed by atoms with Crippen LogP contribution < -0.4 is 10.6 Å². The first-order valence-electron chi connectivity index (χ1n) is 8.75. The number of aliphatic imine (C=N–C) groups is 1. The predicted octanol–water partition coefficient (Wildman–Crippen LogP) is 2.00. The standard InChI is InChI=1S/C19H30N6/c1-16(24(3)15-17-8-6-5-7-9-17)10-12-21-19(20-2)22-14-18-11-13-23-25(18)4/h5-9,11,13,16H,10,12,14-15H2,1-4H3,(H2,20,21,22). The van der Waals surface area contributed by atoms with Gasteiger partial charge < -0.3 is 10.6 Å². The van der Waals surface area contributed by atoms with Gasteiger partial charge in [-0.3, -0.25) is 14.6 Å². The van der Waals surface area contributed by atoms with Gasteiger partial charge in [0.2, 0.25) is 0 Å². The number of benzene rings is 1. The van der Waals surface area contributed by atoms with E-state index in [4.69, 9.17) is 0 Å². The lowest BCUT2D eigenvalue weighted by atomic mass is 10.1. The van der Waals surface area contributed by atoms with Crippen molar-refractivity contribution < 1.29 is 0 Å². The molecule has 0 aliphatic heterocycles. The second kappa shape index (κ2) is 9.84. The highest BCUT2D eigenvalue weighted by Gasteiger charge is 2.10. The third kappa shape index (κ3) is 6.23. The highest BCUT2D eigenvalue weighted by atomic mass is 15.3. The summed E-state index contributed by atoms with van der Waals surface area (Å²) in [5, 5.41) is 10.9. The summed E-state index contributed by atoms with van der Waals surface area (Å²) in [5.41, 5.74) is 2.47. The lowest BCUT2D eigenvalue weighted by Gasteiger charge is -2.25. The minimum Gasteiger partial charge on any atom is -0.356 e. The van der Waals surface area contributed by atoms with Crippen molar-refractivity contribution in [2.24, 2.45) is 12.0 Å². The van der Waals surface area contributed by atoms with E-state index in [1.165, 1.54) is 5.56 Å². The van der Waals surface area contributed by atoms with Crippen LogP contribution in [0.2, 0.25) is 0 Å². The molecule has 2 aromatic rings. The fourth-order valence-electron chi connectivity index (χ4n) is 2.62. The minimum absolute atomic E-state index is 0.489. The molecule has 2 N–H and O–H groups in total. The first-order chi connectivity index (χ1) is 12.1. The largest absolute Gasteiger partial charge is 0.356 e. The molecule has 1 aromatic heterocycles. The zero-order valence-electron chi connectivity index (χ0n) is 15.7. The third-order valence-corrected chi connectivity index (χ3v) is 4.46. The van der Waals surface area contributed by atoms with Crippen molar-refractivity contribution >= 4 is 5.96 Å². The zero-order valence-corrected chi connectivity index (χ0v) is 15.7. The van der Waals surface area contributed by atoms with E-state index in [9.17, 15) is 0 Å². The van der Waals surface area contributed by atoms with Crippen molar-refractivity contribution in [3.05, 3.63) is 53.9 Å². The van der Waals surface area contributed by atoms with Crippen molar-refractivity contribution in [1.29, 1.82) is 0 Å². The van der Waals surface area contributed by atoms with Crippen LogP contribution in [-0.2, 0) is 20.1 Å². The Morgan fingerprint density at radius 1 is 1.24 bits per heavy atom. The van der Waals surface area contributed by atoms with E-state index >= 15 is 0 Å². The number of nitrogens with zero attached hydrogens (tertiary/aromatic N) is 4. The number of rotatable bonds is 8. The van der Waals surface area contributed by atoms with E-state index in [-0.39, 0.29) is 0 Å². The van der Waals surface area contributed by atoms with Crippen LogP contribution in [0.15, 0.2) is 47.6 Å². The Bertz CT molecular complexity index is 649. The molecular formula is C19H30N6. The predicted molar refractivity (Wildman–Crippen MR) is 103 cm³/mol. The average molecular weight is 342 g/mol. The second-order valence-electron chi connectivity index (χ2n) is 6.34. The summed E-state index contributed by atoms with van der Waals surface area (Å²) in [6.07, 6.45) is 2.85. The normalized spacial score (nSPS) is 13.1. The highest BCUT2D eigenvalue weighted by Crippen LogP contribution is 2.07. The Balaban J connectivity index is 1.69. The highest BCUT2D eigenvalue weighted by molar-refractivity contribution is 5.79. The van der Waals surface area contributed by atoms with Crippen molar-refractivity contribution in [2.75, 3.05) is 20.6 Å². The summed E-state index contributed by atoms with van der Waals surface area (Å²) in [4.78, 5) is 6.66. The maximum absolute atomic E-state index is 4.28. The summed E-state index contributed by atoms with van der Waals surface area (Å²) in [6, 6.07) is 13.1. The van der Waals surface area contributed by atoms with Crippen LogP contribution in [0.5, 0.6) is 0 Å². The fraction of sp³-hybridized carbons (Fsp3) is 0.474. The van der Waals surface area contributed by atoms with E-state index in [1.54, 1.807) is 13.2 Å². The minimum atomic E-state index is 0.489. The van der Waals surface area contributed by atoms with Crippen molar-refractivity contribution in [3.8, 4) is 0 Å². The molecule has 25 heavy (non-hydrogen) atoms. The molecule has 136 valence electrons. The topological polar surface area (TPSA) is 57.5 Å². The van der Waals surface area contributed by atoms with Gasteiger partial charge in [0.1, 0.15) is 0 Å². The molecule has 1 unspecified atom stereocenters. The molecule has 0 saturated carbocycles. The molecule has 6 nitrogen and oxygen atoms in total. The number of nitrogens with one attached hydrogen (secondary N) is 2. The molecule has 0 amide bonds. The van der Waals surface area contributed by atoms with Crippen LogP contribution in [0, 0.1) is 0 Å². The molecule has 1 heterocycles. The van der Waals surface area contributed by atoms with Gasteiger partial charge in [0.05, 0.1) is 12.2 Å². The van der Waals surface area contributed by atoms with Crippen molar-refractivity contribution in [2.45, 2.75) is 32.5 Å². The Kier molecular flexibility index (Phi) is 7.47. The maximum Gasteiger partial charge on any atom is 0.191 e. The van der Waals surface area contributed by atoms with Crippen LogP contribution in [-0.4, -0.2) is 47.3 Å². The lowest BCUT2D eigenvalue weighted by Crippen LogP contribution is -2.40. The molecular weight excluding hydrogens is 312 g/mol. The van der Waals surface area contributed by atoms with Crippen LogP contribution in [0.25, 0.3) is 0 Å². The Morgan fingerprint density at radius 3 is 2.64 bits per heavy atom. The summed E-state index contributed by atoms with van der Waals surface area (Å²) in [5.74, 6) is 0.819. The van der Waals surface area contributed by atoms with E-state index in [0.29, 0.717) is 12.6 Å². The van der Waals surface area contributed by atoms with E-state index < -0.39 is 0 Å². The zero-order chi connectivity index (χ0) is 18.1. The van der Waals surface area contributed by atoms with Crippen LogP contribution in [0.4, 0.5) is 0 Å². The smallest absolute Gasteiger partial charge is 0.191 e. The molecule has 0 saturated heterocycles. The van der Waals surface area contributed by atoms with Gasteiger partial charge >= 0.3 is 0 Å². The summed E-state index contributed by atoms with van der Waals surface area (Å²) < 4.78 is 1.86. The first-order valence-corrected chi connectivity index (χ1v) is 8.75. The first kappa shape index (κ1) is 19.0. The molecule has 0 aliphatic rings. The number of guanidine groups is 1. The summed E-state index contributed by atoms with van der Waals surface area (Å²) >= 11 is 0. The van der Waals surface area contributed by atoms with Gasteiger partial charge in [-0.15, -0.1) is 0 Å². The molecule has 0 fully saturated rings. The van der Waals surface area contributed by atoms with Crippen LogP contribution in [0.3, 0.4) is 0 Å². The molecule has 1 aromatic carbocycles. The number of hydrogen-bond acceptors (Lipinski definition) is 3. The second-order valence-corrected chi connectivity index (χ2v) is 6.34. The monoisotopic (exact) mass is 342 g/mol. The summed E-state index contributed by atoms with van der Waals surface area (Å²) in [6.45, 7) is 4.82. The van der Waals surface area contributed by atoms with Gasteiger partial charge in [-0.1, -0.05) is 30.3 Å². The fourth-order valence-corrected chi connectivity index (χ4v) is 2.62. The molecule has 0 radical (unpaired) electrons. The average Bonchev–Trinajstić information content (AvgIpc) is 3.03. The Hall–Kier alpha value is -2.34. The maximum atomic E-state index is 4.28. The van der Waals surface area contributed by atoms with E-state index in [1.807, 2.05) is 17.8 Å². The van der Waals surface area contributed by atoms with E-state index in [2.05, 4.69) is 69.9 Å². The molecule has 0 spiro atoms. The van der Waals surface area contributed by atoms with Gasteiger partial charge in [0.25, 0.3) is 0 Å². The summed E-state index contributed by atoms with van der Waals surface area (Å²) in [7, 11) is 5.91. The van der Waals surface area contributed by atoms with Gasteiger partial charge in [-0.05, 0) is 32.0 Å². The van der Waals surface area contributed by atoms with Gasteiger partial charge in [-0.2, -0.15) is 5.10 Å². The molecule has 2 rings (SSSR count). The molecule has 1 atom stereocenters. The quantitative estimate of drug-likeness (QED) is 0.569. The van der Waals surface area contributed by atoms with Crippen LogP contribution in [0.1, 0.15) is 24.6 Å². The number of aryl methyl sites for hydroxylation is 1. The lowest BCUT2D eigenvalue weighted by molar-refractivity contribution is 0.238. The molecule has 0 bridgehead atoms. The Labute approximate surface area is 151 Å². The molecule has 6 heteroatoms. The van der Waals surface area contributed by atoms with Gasteiger partial charge in [0, 0.05) is 39.4 Å². The SMILES string of the molecule is CN=C(NCCC(C)N(C)Cc1ccccc1)NCc1ccnn1C. The number of hydrogen-bond donors (Lipinski definition) is 2. The van der Waals surface area contributed by atoms with Crippen molar-refractivity contribution in [3.63, 3.8) is 0 Å². The Morgan fingerprint density at radius 2 is 2.00 bits per heavy atom. The molecule has 0 aliphatic carbocycles. The van der Waals surface area contributed by atoms with Gasteiger partial charge in [-0.25, -0.2) is 0 Å². The van der Waals surface area contributed by atoms with Crippen LogP contribution >= 0.6 is 0 Å². The van der Waals surface area contributed by atoms with E-state index in [0.717, 1.165) is 31.2 Å². The van der Waals surface area contributed by atoms with Gasteiger partial charge in [0.15, 0.2) is 5.96 Å². The third-order valence-electron chi connectivity index (χ3n) is 4.46.